The van der Waals surface area contributed by atoms with Crippen LogP contribution in [0.5, 0.6) is 5.75 Å². The van der Waals surface area contributed by atoms with Gasteiger partial charge in [-0.15, -0.1) is 0 Å². The Morgan fingerprint density at radius 2 is 1.66 bits per heavy atom. The highest BCUT2D eigenvalue weighted by Crippen LogP contribution is 2.35. The number of hydrogen-bond donors (Lipinski definition) is 5. The van der Waals surface area contributed by atoms with Gasteiger partial charge >= 0.3 is 0 Å². The minimum Gasteiger partial charge on any atom is -0.394 e. The van der Waals surface area contributed by atoms with Crippen LogP contribution in [0.2, 0.25) is 0 Å². The first-order chi connectivity index (χ1) is 14.0. The standard InChI is InChI=1S/C21H24O8/c22-8-13-3-1-11(5-12-2-4-14-10-27-29-16(14)7-12)6-15(13)21-20(26)19(25)18(24)17(9-23)28-21/h1-4,6-7,17-26H,5,8-10H2/t17-,18-,19+,20-,21+/m1/s1. The van der Waals surface area contributed by atoms with Crippen molar-refractivity contribution in [1.29, 1.82) is 0 Å². The summed E-state index contributed by atoms with van der Waals surface area (Å²) in [6, 6.07) is 11.2. The van der Waals surface area contributed by atoms with Crippen LogP contribution < -0.4 is 4.89 Å². The highest BCUT2D eigenvalue weighted by atomic mass is 17.2. The van der Waals surface area contributed by atoms with E-state index in [-0.39, 0.29) is 6.61 Å². The Bertz CT molecular complexity index is 868. The molecule has 0 unspecified atom stereocenters. The Labute approximate surface area is 167 Å². The summed E-state index contributed by atoms with van der Waals surface area (Å²) in [7, 11) is 0. The smallest absolute Gasteiger partial charge is 0.171 e. The summed E-state index contributed by atoms with van der Waals surface area (Å²) >= 11 is 0. The van der Waals surface area contributed by atoms with Gasteiger partial charge in [0.25, 0.3) is 0 Å². The largest absolute Gasteiger partial charge is 0.394 e. The van der Waals surface area contributed by atoms with Crippen molar-refractivity contribution in [2.24, 2.45) is 0 Å². The van der Waals surface area contributed by atoms with Crippen LogP contribution in [-0.4, -0.2) is 56.6 Å². The molecule has 0 amide bonds. The second kappa shape index (κ2) is 8.37. The van der Waals surface area contributed by atoms with Crippen molar-refractivity contribution in [3.05, 3.63) is 64.2 Å². The number of aliphatic hydroxyl groups excluding tert-OH is 5. The van der Waals surface area contributed by atoms with Gasteiger partial charge in [-0.3, -0.25) is 0 Å². The van der Waals surface area contributed by atoms with E-state index in [9.17, 15) is 25.5 Å². The summed E-state index contributed by atoms with van der Waals surface area (Å²) in [6.45, 7) is -0.372. The third kappa shape index (κ3) is 3.88. The average Bonchev–Trinajstić information content (AvgIpc) is 3.20. The zero-order valence-corrected chi connectivity index (χ0v) is 15.6. The van der Waals surface area contributed by atoms with Crippen LogP contribution in [0.1, 0.15) is 33.9 Å². The maximum Gasteiger partial charge on any atom is 0.171 e. The molecular weight excluding hydrogens is 380 g/mol. The van der Waals surface area contributed by atoms with Gasteiger partial charge in [-0.25, -0.2) is 0 Å². The van der Waals surface area contributed by atoms with E-state index in [1.54, 1.807) is 12.1 Å². The monoisotopic (exact) mass is 404 g/mol. The van der Waals surface area contributed by atoms with E-state index in [0.29, 0.717) is 29.9 Å². The van der Waals surface area contributed by atoms with Crippen molar-refractivity contribution in [2.45, 2.75) is 50.2 Å². The number of benzene rings is 2. The van der Waals surface area contributed by atoms with Crippen molar-refractivity contribution >= 4 is 0 Å². The molecule has 0 aliphatic carbocycles. The third-order valence-corrected chi connectivity index (χ3v) is 5.48. The highest BCUT2D eigenvalue weighted by Gasteiger charge is 2.44. The van der Waals surface area contributed by atoms with E-state index < -0.39 is 37.1 Å². The molecule has 29 heavy (non-hydrogen) atoms. The maximum atomic E-state index is 10.5. The highest BCUT2D eigenvalue weighted by molar-refractivity contribution is 5.42. The van der Waals surface area contributed by atoms with E-state index in [1.807, 2.05) is 24.3 Å². The summed E-state index contributed by atoms with van der Waals surface area (Å²) in [5, 5.41) is 49.7. The topological polar surface area (TPSA) is 129 Å². The molecule has 5 atom stereocenters. The molecule has 0 radical (unpaired) electrons. The lowest BCUT2D eigenvalue weighted by Gasteiger charge is -2.40. The fraction of sp³-hybridized carbons (Fsp3) is 0.429. The van der Waals surface area contributed by atoms with Gasteiger partial charge in [0.15, 0.2) is 5.75 Å². The van der Waals surface area contributed by atoms with Gasteiger partial charge in [0.1, 0.15) is 37.1 Å². The van der Waals surface area contributed by atoms with Crippen LogP contribution in [0.25, 0.3) is 0 Å². The molecule has 8 heteroatoms. The van der Waals surface area contributed by atoms with Gasteiger partial charge in [0.05, 0.1) is 13.2 Å². The van der Waals surface area contributed by atoms with Crippen LogP contribution in [0.4, 0.5) is 0 Å². The summed E-state index contributed by atoms with van der Waals surface area (Å²) in [4.78, 5) is 10.1. The number of ether oxygens (including phenoxy) is 1. The van der Waals surface area contributed by atoms with Gasteiger partial charge < -0.3 is 35.2 Å². The first-order valence-corrected chi connectivity index (χ1v) is 9.46. The van der Waals surface area contributed by atoms with E-state index in [0.717, 1.165) is 16.7 Å². The molecule has 2 heterocycles. The lowest BCUT2D eigenvalue weighted by molar-refractivity contribution is -0.232. The van der Waals surface area contributed by atoms with E-state index in [4.69, 9.17) is 14.5 Å². The summed E-state index contributed by atoms with van der Waals surface area (Å²) in [5.41, 5.74) is 3.90. The Balaban J connectivity index is 1.63. The van der Waals surface area contributed by atoms with E-state index >= 15 is 0 Å². The Kier molecular flexibility index (Phi) is 5.84. The van der Waals surface area contributed by atoms with Crippen LogP contribution in [0, 0.1) is 0 Å². The minimum absolute atomic E-state index is 0.283. The maximum absolute atomic E-state index is 10.5. The number of rotatable bonds is 5. The minimum atomic E-state index is -1.48. The zero-order chi connectivity index (χ0) is 20.5. The number of aliphatic hydroxyl groups is 5. The molecule has 156 valence electrons. The van der Waals surface area contributed by atoms with Crippen LogP contribution in [0.15, 0.2) is 36.4 Å². The molecule has 1 saturated heterocycles. The molecule has 5 N–H and O–H groups in total. The van der Waals surface area contributed by atoms with Gasteiger partial charge in [-0.2, -0.15) is 4.89 Å². The lowest BCUT2D eigenvalue weighted by atomic mass is 9.88. The molecule has 0 bridgehead atoms. The molecule has 0 aromatic heterocycles. The summed E-state index contributed by atoms with van der Waals surface area (Å²) in [6.07, 6.45) is -5.76. The van der Waals surface area contributed by atoms with Crippen molar-refractivity contribution < 1.29 is 40.0 Å². The molecule has 0 saturated carbocycles. The third-order valence-electron chi connectivity index (χ3n) is 5.48. The second-order valence-electron chi connectivity index (χ2n) is 7.41. The first-order valence-electron chi connectivity index (χ1n) is 9.46. The summed E-state index contributed by atoms with van der Waals surface area (Å²) < 4.78 is 5.67. The van der Waals surface area contributed by atoms with Gasteiger partial charge in [0, 0.05) is 5.56 Å². The first kappa shape index (κ1) is 20.2. The average molecular weight is 404 g/mol. The summed E-state index contributed by atoms with van der Waals surface area (Å²) in [5.74, 6) is 0.684. The molecule has 1 fully saturated rings. The zero-order valence-electron chi connectivity index (χ0n) is 15.6. The van der Waals surface area contributed by atoms with E-state index in [1.165, 1.54) is 0 Å². The van der Waals surface area contributed by atoms with Crippen molar-refractivity contribution in [1.82, 2.24) is 0 Å². The van der Waals surface area contributed by atoms with Gasteiger partial charge in [-0.05, 0) is 34.7 Å². The van der Waals surface area contributed by atoms with Crippen molar-refractivity contribution in [3.63, 3.8) is 0 Å². The molecule has 2 aliphatic heterocycles. The van der Waals surface area contributed by atoms with Gasteiger partial charge in [-0.1, -0.05) is 30.3 Å². The molecular formula is C21H24O8. The SMILES string of the molecule is OCc1ccc(Cc2ccc3c(c2)OOC3)cc1[C@@H]1O[C@H](CO)[C@@H](O)[C@H](O)[C@H]1O. The fourth-order valence-corrected chi connectivity index (χ4v) is 3.82. The van der Waals surface area contributed by atoms with Crippen LogP contribution in [-0.2, 0) is 29.3 Å². The van der Waals surface area contributed by atoms with Crippen LogP contribution >= 0.6 is 0 Å². The Hall–Kier alpha value is -2.04. The van der Waals surface area contributed by atoms with Crippen molar-refractivity contribution in [3.8, 4) is 5.75 Å². The fourth-order valence-electron chi connectivity index (χ4n) is 3.82. The van der Waals surface area contributed by atoms with Crippen LogP contribution in [0.3, 0.4) is 0 Å². The Morgan fingerprint density at radius 1 is 0.897 bits per heavy atom. The Morgan fingerprint density at radius 3 is 2.41 bits per heavy atom. The second-order valence-corrected chi connectivity index (χ2v) is 7.41. The quantitative estimate of drug-likeness (QED) is 0.444. The molecule has 2 aliphatic rings. The number of hydrogen-bond acceptors (Lipinski definition) is 8. The van der Waals surface area contributed by atoms with Gasteiger partial charge in [0.2, 0.25) is 0 Å². The number of fused-ring (bicyclic) bond motifs is 1. The molecule has 2 aromatic rings. The molecule has 8 nitrogen and oxygen atoms in total. The van der Waals surface area contributed by atoms with E-state index in [2.05, 4.69) is 0 Å². The predicted octanol–water partition coefficient (Wildman–Crippen LogP) is 0.109. The molecule has 2 aromatic carbocycles. The lowest BCUT2D eigenvalue weighted by Crippen LogP contribution is -2.55. The molecule has 0 spiro atoms. The van der Waals surface area contributed by atoms with Crippen molar-refractivity contribution in [2.75, 3.05) is 6.61 Å². The molecule has 4 rings (SSSR count). The normalized spacial score (nSPS) is 28.8. The predicted molar refractivity (Wildman–Crippen MR) is 99.8 cm³/mol.